The number of ether oxygens (including phenoxy) is 1. The predicted molar refractivity (Wildman–Crippen MR) is 127 cm³/mol. The molecule has 0 fully saturated rings. The summed E-state index contributed by atoms with van der Waals surface area (Å²) in [5.41, 5.74) is 0.743. The Morgan fingerprint density at radius 2 is 1.36 bits per heavy atom. The van der Waals surface area contributed by atoms with Crippen LogP contribution in [0.2, 0.25) is 0 Å². The Morgan fingerprint density at radius 1 is 0.818 bits per heavy atom. The Hall–Kier alpha value is -0.414. The molecule has 33 heavy (non-hydrogen) atoms. The van der Waals surface area contributed by atoms with Crippen molar-refractivity contribution in [1.29, 1.82) is 0 Å². The summed E-state index contributed by atoms with van der Waals surface area (Å²) in [6, 6.07) is 10.6. The van der Waals surface area contributed by atoms with Gasteiger partial charge in [0.15, 0.2) is 0 Å². The fourth-order valence-corrected chi connectivity index (χ4v) is 4.45. The summed E-state index contributed by atoms with van der Waals surface area (Å²) < 4.78 is 37.8. The molecular formula is C26H37KO5S. The quantitative estimate of drug-likeness (QED) is 0.213. The van der Waals surface area contributed by atoms with Crippen molar-refractivity contribution in [1.82, 2.24) is 0 Å². The molecule has 0 unspecified atom stereocenters. The van der Waals surface area contributed by atoms with Crippen molar-refractivity contribution in [3.8, 4) is 17.2 Å². The van der Waals surface area contributed by atoms with Crippen LogP contribution in [0, 0.1) is 0 Å². The van der Waals surface area contributed by atoms with Gasteiger partial charge in [0.1, 0.15) is 16.4 Å². The van der Waals surface area contributed by atoms with Crippen LogP contribution in [0.4, 0.5) is 0 Å². The second-order valence-electron chi connectivity index (χ2n) is 8.43. The van der Waals surface area contributed by atoms with Crippen LogP contribution >= 0.6 is 0 Å². The molecule has 0 radical (unpaired) electrons. The molecule has 0 bridgehead atoms. The number of rotatable bonds is 16. The van der Waals surface area contributed by atoms with E-state index in [9.17, 15) is 18.1 Å². The molecule has 7 heteroatoms. The van der Waals surface area contributed by atoms with Crippen molar-refractivity contribution < 1.29 is 74.2 Å². The molecule has 2 rings (SSSR count). The maximum Gasteiger partial charge on any atom is 1.00 e. The molecule has 2 aromatic rings. The van der Waals surface area contributed by atoms with Gasteiger partial charge in [0, 0.05) is 0 Å². The van der Waals surface area contributed by atoms with E-state index in [4.69, 9.17) is 4.74 Å². The predicted octanol–water partition coefficient (Wildman–Crippen LogP) is 4.05. The zero-order valence-corrected chi connectivity index (χ0v) is 24.2. The van der Waals surface area contributed by atoms with E-state index in [-0.39, 0.29) is 73.5 Å². The van der Waals surface area contributed by atoms with Gasteiger partial charge < -0.3 is 9.84 Å². The Morgan fingerprint density at radius 3 is 1.91 bits per heavy atom. The van der Waals surface area contributed by atoms with E-state index < -0.39 is 10.1 Å². The SMILES string of the molecule is CCCCCCCCCCCCCCc1ccc(Oc2ccccc2S(=O)(=O)O)cc1[O-].[K+]. The van der Waals surface area contributed by atoms with Gasteiger partial charge >= 0.3 is 51.4 Å². The first kappa shape index (κ1) is 30.6. The van der Waals surface area contributed by atoms with Gasteiger partial charge in [-0.2, -0.15) is 8.42 Å². The fraction of sp³-hybridized carbons (Fsp3) is 0.538. The fourth-order valence-electron chi connectivity index (χ4n) is 3.84. The molecule has 0 amide bonds. The maximum atomic E-state index is 12.4. The normalized spacial score (nSPS) is 11.2. The Bertz CT molecular complexity index is 915. The van der Waals surface area contributed by atoms with Gasteiger partial charge in [-0.25, -0.2) is 0 Å². The van der Waals surface area contributed by atoms with E-state index in [0.717, 1.165) is 24.8 Å². The molecule has 0 saturated heterocycles. The average Bonchev–Trinajstić information content (AvgIpc) is 2.75. The van der Waals surface area contributed by atoms with Crippen molar-refractivity contribution >= 4 is 10.1 Å². The smallest absolute Gasteiger partial charge is 0.872 e. The van der Waals surface area contributed by atoms with Crippen LogP contribution in [0.15, 0.2) is 47.4 Å². The summed E-state index contributed by atoms with van der Waals surface area (Å²) in [6.45, 7) is 2.25. The van der Waals surface area contributed by atoms with Gasteiger partial charge in [0.2, 0.25) is 0 Å². The van der Waals surface area contributed by atoms with Gasteiger partial charge in [-0.3, -0.25) is 4.55 Å². The van der Waals surface area contributed by atoms with Gasteiger partial charge in [-0.1, -0.05) is 101 Å². The van der Waals surface area contributed by atoms with Crippen molar-refractivity contribution in [3.63, 3.8) is 0 Å². The third-order valence-electron chi connectivity index (χ3n) is 5.69. The molecule has 0 aliphatic carbocycles. The third kappa shape index (κ3) is 12.2. The molecule has 0 heterocycles. The molecule has 0 saturated carbocycles. The molecule has 178 valence electrons. The summed E-state index contributed by atoms with van der Waals surface area (Å²) >= 11 is 0. The van der Waals surface area contributed by atoms with Crippen LogP contribution in [0.1, 0.15) is 89.5 Å². The minimum absolute atomic E-state index is 0. The van der Waals surface area contributed by atoms with Crippen molar-refractivity contribution in [2.24, 2.45) is 0 Å². The van der Waals surface area contributed by atoms with E-state index in [1.165, 1.54) is 88.5 Å². The van der Waals surface area contributed by atoms with Crippen LogP contribution < -0.4 is 61.2 Å². The molecule has 0 aliphatic heterocycles. The van der Waals surface area contributed by atoms with Crippen LogP contribution in [0.25, 0.3) is 0 Å². The summed E-state index contributed by atoms with van der Waals surface area (Å²) in [7, 11) is -4.41. The Labute approximate surface area is 242 Å². The van der Waals surface area contributed by atoms with Crippen LogP contribution in [0.3, 0.4) is 0 Å². The van der Waals surface area contributed by atoms with E-state index in [0.29, 0.717) is 0 Å². The van der Waals surface area contributed by atoms with E-state index in [2.05, 4.69) is 6.92 Å². The first-order valence-electron chi connectivity index (χ1n) is 12.0. The maximum absolute atomic E-state index is 12.4. The second-order valence-corrected chi connectivity index (χ2v) is 9.82. The second kappa shape index (κ2) is 17.1. The number of para-hydroxylation sites is 1. The number of hydrogen-bond donors (Lipinski definition) is 1. The Balaban J connectivity index is 0.00000544. The van der Waals surface area contributed by atoms with Crippen LogP contribution in [0.5, 0.6) is 17.2 Å². The Kier molecular flexibility index (Phi) is 15.9. The third-order valence-corrected chi connectivity index (χ3v) is 6.59. The zero-order valence-electron chi connectivity index (χ0n) is 20.2. The van der Waals surface area contributed by atoms with Crippen molar-refractivity contribution in [2.45, 2.75) is 95.3 Å². The molecule has 0 spiro atoms. The molecule has 2 aromatic carbocycles. The van der Waals surface area contributed by atoms with Crippen molar-refractivity contribution in [2.75, 3.05) is 0 Å². The summed E-state index contributed by atoms with van der Waals surface area (Å²) in [4.78, 5) is -0.326. The van der Waals surface area contributed by atoms with Crippen LogP contribution in [-0.4, -0.2) is 13.0 Å². The summed E-state index contributed by atoms with van der Waals surface area (Å²) in [5.74, 6) is 0.127. The summed E-state index contributed by atoms with van der Waals surface area (Å²) in [6.07, 6.45) is 16.1. The molecule has 5 nitrogen and oxygen atoms in total. The van der Waals surface area contributed by atoms with Gasteiger partial charge in [-0.05, 0) is 37.1 Å². The minimum atomic E-state index is -4.41. The number of unbranched alkanes of at least 4 members (excludes halogenated alkanes) is 11. The number of hydrogen-bond acceptors (Lipinski definition) is 4. The van der Waals surface area contributed by atoms with E-state index in [1.807, 2.05) is 0 Å². The molecule has 0 aliphatic rings. The molecular weight excluding hydrogens is 463 g/mol. The van der Waals surface area contributed by atoms with Gasteiger partial charge in [0.05, 0.1) is 0 Å². The summed E-state index contributed by atoms with van der Waals surface area (Å²) in [5, 5.41) is 12.4. The van der Waals surface area contributed by atoms with Crippen LogP contribution in [-0.2, 0) is 16.5 Å². The first-order chi connectivity index (χ1) is 15.4. The van der Waals surface area contributed by atoms with Gasteiger partial charge in [-0.15, -0.1) is 5.75 Å². The largest absolute Gasteiger partial charge is 1.00 e. The topological polar surface area (TPSA) is 86.7 Å². The van der Waals surface area contributed by atoms with Gasteiger partial charge in [0.25, 0.3) is 10.1 Å². The zero-order chi connectivity index (χ0) is 23.2. The first-order valence-corrected chi connectivity index (χ1v) is 13.4. The molecule has 0 aromatic heterocycles. The van der Waals surface area contributed by atoms with E-state index in [1.54, 1.807) is 18.2 Å². The standard InChI is InChI=1S/C26H38O5S.K/c1-2-3-4-5-6-7-8-9-10-11-12-13-16-22-19-20-23(21-24(22)27)31-25-17-14-15-18-26(25)32(28,29)30;/h14-15,17-21,27H,2-13,16H2,1H3,(H,28,29,30);/q;+1/p-1. The number of aryl methyl sites for hydroxylation is 1. The van der Waals surface area contributed by atoms with E-state index >= 15 is 0 Å². The minimum Gasteiger partial charge on any atom is -0.872 e. The molecule has 1 N–H and O–H groups in total. The number of benzene rings is 2. The monoisotopic (exact) mass is 500 g/mol. The molecule has 0 atom stereocenters. The average molecular weight is 501 g/mol. The van der Waals surface area contributed by atoms with Crippen molar-refractivity contribution in [3.05, 3.63) is 48.0 Å².